The largest absolute Gasteiger partial charge is 0.477 e. The molecule has 0 aliphatic carbocycles. The first-order valence-corrected chi connectivity index (χ1v) is 6.75. The van der Waals surface area contributed by atoms with Crippen LogP contribution in [0.25, 0.3) is 11.5 Å². The predicted octanol–water partition coefficient (Wildman–Crippen LogP) is 0.0397. The number of H-pyrrole nitrogens is 1. The number of hydrogen-bond acceptors (Lipinski definition) is 7. The van der Waals surface area contributed by atoms with Gasteiger partial charge in [-0.15, -0.1) is 5.10 Å². The monoisotopic (exact) mass is 292 g/mol. The van der Waals surface area contributed by atoms with Gasteiger partial charge in [-0.25, -0.2) is 14.9 Å². The zero-order chi connectivity index (χ0) is 14.5. The van der Waals surface area contributed by atoms with Crippen LogP contribution in [0.3, 0.4) is 0 Å². The fourth-order valence-electron chi connectivity index (χ4n) is 2.08. The van der Waals surface area contributed by atoms with Gasteiger partial charge in [0.05, 0.1) is 19.8 Å². The lowest BCUT2D eigenvalue weighted by Gasteiger charge is -2.15. The Morgan fingerprint density at radius 2 is 2.43 bits per heavy atom. The van der Waals surface area contributed by atoms with Crippen LogP contribution in [0.5, 0.6) is 5.88 Å². The molecular weight excluding hydrogens is 276 g/mol. The van der Waals surface area contributed by atoms with Gasteiger partial charge in [0.25, 0.3) is 5.89 Å². The molecule has 3 rings (SSSR count). The first-order chi connectivity index (χ1) is 10.3. The lowest BCUT2D eigenvalue weighted by Crippen LogP contribution is -2.27. The maximum atomic E-state index is 11.0. The molecule has 2 aromatic heterocycles. The van der Waals surface area contributed by atoms with Crippen LogP contribution in [0.15, 0.2) is 27.5 Å². The molecule has 21 heavy (non-hydrogen) atoms. The smallest absolute Gasteiger partial charge is 0.434 e. The maximum absolute atomic E-state index is 11.0. The molecule has 3 heterocycles. The second kappa shape index (κ2) is 6.51. The zero-order valence-corrected chi connectivity index (χ0v) is 11.4. The molecular formula is C13H16N4O4. The third-order valence-corrected chi connectivity index (χ3v) is 3.11. The summed E-state index contributed by atoms with van der Waals surface area (Å²) in [6.45, 7) is 3.51. The Bertz CT molecular complexity index is 631. The summed E-state index contributed by atoms with van der Waals surface area (Å²) in [5, 5.41) is 9.30. The highest BCUT2D eigenvalue weighted by Crippen LogP contribution is 2.25. The van der Waals surface area contributed by atoms with Gasteiger partial charge in [-0.3, -0.25) is 0 Å². The van der Waals surface area contributed by atoms with Crippen molar-refractivity contribution in [2.24, 2.45) is 5.92 Å². The molecule has 8 nitrogen and oxygen atoms in total. The molecule has 0 aromatic carbocycles. The van der Waals surface area contributed by atoms with Crippen LogP contribution in [0.4, 0.5) is 0 Å². The first kappa shape index (κ1) is 13.8. The lowest BCUT2D eigenvalue weighted by molar-refractivity contribution is 0.101. The van der Waals surface area contributed by atoms with Crippen LogP contribution < -0.4 is 15.8 Å². The van der Waals surface area contributed by atoms with Crippen molar-refractivity contribution in [2.45, 2.75) is 0 Å². The summed E-state index contributed by atoms with van der Waals surface area (Å²) < 4.78 is 16.2. The average molecular weight is 292 g/mol. The molecule has 0 radical (unpaired) electrons. The third-order valence-electron chi connectivity index (χ3n) is 3.11. The van der Waals surface area contributed by atoms with E-state index < -0.39 is 5.76 Å². The SMILES string of the molecule is O=c1[nH]nc(-c2cccnc2OCC2CNCCOC2)o1. The predicted molar refractivity (Wildman–Crippen MR) is 73.0 cm³/mol. The number of ether oxygens (including phenoxy) is 2. The Morgan fingerprint density at radius 3 is 3.29 bits per heavy atom. The van der Waals surface area contributed by atoms with Crippen LogP contribution >= 0.6 is 0 Å². The van der Waals surface area contributed by atoms with Gasteiger partial charge in [-0.1, -0.05) is 0 Å². The number of aromatic nitrogens is 3. The molecule has 1 saturated heterocycles. The molecule has 2 aromatic rings. The van der Waals surface area contributed by atoms with E-state index in [2.05, 4.69) is 20.5 Å². The Balaban J connectivity index is 1.72. The average Bonchev–Trinajstić information content (AvgIpc) is 2.78. The van der Waals surface area contributed by atoms with Gasteiger partial charge in [-0.2, -0.15) is 0 Å². The molecule has 1 aliphatic heterocycles. The molecule has 1 unspecified atom stereocenters. The Labute approximate surface area is 120 Å². The van der Waals surface area contributed by atoms with E-state index in [1.54, 1.807) is 18.3 Å². The normalized spacial score (nSPS) is 19.1. The molecule has 8 heteroatoms. The second-order valence-electron chi connectivity index (χ2n) is 4.73. The van der Waals surface area contributed by atoms with Crippen molar-refractivity contribution in [2.75, 3.05) is 32.9 Å². The minimum Gasteiger partial charge on any atom is -0.477 e. The number of aromatic amines is 1. The molecule has 112 valence electrons. The number of hydrogen-bond donors (Lipinski definition) is 2. The van der Waals surface area contributed by atoms with Crippen molar-refractivity contribution in [3.8, 4) is 17.3 Å². The van der Waals surface area contributed by atoms with Crippen LogP contribution in [0.1, 0.15) is 0 Å². The van der Waals surface area contributed by atoms with Crippen LogP contribution in [-0.4, -0.2) is 48.1 Å². The topological polar surface area (TPSA) is 102 Å². The number of nitrogens with zero attached hydrogens (tertiary/aromatic N) is 2. The van der Waals surface area contributed by atoms with Crippen molar-refractivity contribution in [3.05, 3.63) is 28.9 Å². The van der Waals surface area contributed by atoms with Crippen molar-refractivity contribution < 1.29 is 13.9 Å². The molecule has 0 spiro atoms. The van der Waals surface area contributed by atoms with Gasteiger partial charge >= 0.3 is 5.76 Å². The van der Waals surface area contributed by atoms with Crippen molar-refractivity contribution >= 4 is 0 Å². The highest BCUT2D eigenvalue weighted by atomic mass is 16.5. The lowest BCUT2D eigenvalue weighted by atomic mass is 10.2. The van der Waals surface area contributed by atoms with Crippen molar-refractivity contribution in [3.63, 3.8) is 0 Å². The van der Waals surface area contributed by atoms with Gasteiger partial charge in [0.15, 0.2) is 0 Å². The van der Waals surface area contributed by atoms with E-state index in [1.165, 1.54) is 0 Å². The van der Waals surface area contributed by atoms with Crippen LogP contribution in [0, 0.1) is 5.92 Å². The number of nitrogens with one attached hydrogen (secondary N) is 2. The first-order valence-electron chi connectivity index (χ1n) is 6.75. The Morgan fingerprint density at radius 1 is 1.48 bits per heavy atom. The highest BCUT2D eigenvalue weighted by Gasteiger charge is 2.17. The molecule has 1 atom stereocenters. The fraction of sp³-hybridized carbons (Fsp3) is 0.462. The molecule has 0 bridgehead atoms. The zero-order valence-electron chi connectivity index (χ0n) is 11.4. The standard InChI is InChI=1S/C13H16N4O4/c18-13-17-16-12(21-13)10-2-1-3-15-11(10)20-8-9-6-14-4-5-19-7-9/h1-3,9,14H,4-8H2,(H,17,18). The van der Waals surface area contributed by atoms with Gasteiger partial charge in [0.2, 0.25) is 5.88 Å². The minimum atomic E-state index is -0.610. The van der Waals surface area contributed by atoms with E-state index in [9.17, 15) is 4.79 Å². The van der Waals surface area contributed by atoms with Gasteiger partial charge in [0.1, 0.15) is 5.56 Å². The summed E-state index contributed by atoms with van der Waals surface area (Å²) in [4.78, 5) is 15.2. The van der Waals surface area contributed by atoms with Gasteiger partial charge in [0, 0.05) is 25.2 Å². The van der Waals surface area contributed by atoms with E-state index in [4.69, 9.17) is 13.9 Å². The Kier molecular flexibility index (Phi) is 4.27. The van der Waals surface area contributed by atoms with Crippen molar-refractivity contribution in [1.29, 1.82) is 0 Å². The van der Waals surface area contributed by atoms with E-state index in [0.29, 0.717) is 31.3 Å². The second-order valence-corrected chi connectivity index (χ2v) is 4.73. The van der Waals surface area contributed by atoms with E-state index in [0.717, 1.165) is 13.1 Å². The van der Waals surface area contributed by atoms with E-state index in [1.807, 2.05) is 0 Å². The summed E-state index contributed by atoms with van der Waals surface area (Å²) in [6, 6.07) is 3.47. The molecule has 1 aliphatic rings. The van der Waals surface area contributed by atoms with E-state index >= 15 is 0 Å². The van der Waals surface area contributed by atoms with Gasteiger partial charge in [-0.05, 0) is 12.1 Å². The fourth-order valence-corrected chi connectivity index (χ4v) is 2.08. The summed E-state index contributed by atoms with van der Waals surface area (Å²) in [7, 11) is 0. The molecule has 1 fully saturated rings. The summed E-state index contributed by atoms with van der Waals surface area (Å²) in [5.41, 5.74) is 0.540. The molecule has 2 N–H and O–H groups in total. The quantitative estimate of drug-likeness (QED) is 0.820. The summed E-state index contributed by atoms with van der Waals surface area (Å²) >= 11 is 0. The Hall–Kier alpha value is -2.19. The summed E-state index contributed by atoms with van der Waals surface area (Å²) in [6.07, 6.45) is 1.62. The third kappa shape index (κ3) is 3.47. The van der Waals surface area contributed by atoms with Crippen LogP contribution in [0.2, 0.25) is 0 Å². The molecule has 0 saturated carbocycles. The highest BCUT2D eigenvalue weighted by molar-refractivity contribution is 5.58. The minimum absolute atomic E-state index is 0.165. The number of pyridine rings is 1. The van der Waals surface area contributed by atoms with E-state index in [-0.39, 0.29) is 11.8 Å². The summed E-state index contributed by atoms with van der Waals surface area (Å²) in [5.74, 6) is 0.185. The van der Waals surface area contributed by atoms with Crippen LogP contribution in [-0.2, 0) is 4.74 Å². The van der Waals surface area contributed by atoms with Gasteiger partial charge < -0.3 is 19.2 Å². The van der Waals surface area contributed by atoms with Crippen molar-refractivity contribution in [1.82, 2.24) is 20.5 Å². The molecule has 0 amide bonds. The maximum Gasteiger partial charge on any atom is 0.434 e. The number of rotatable bonds is 4.